The molecule has 2 N–H and O–H groups in total. The average molecular weight is 168 g/mol. The highest BCUT2D eigenvalue weighted by Crippen LogP contribution is 2.30. The van der Waals surface area contributed by atoms with Crippen molar-refractivity contribution in [3.63, 3.8) is 0 Å². The SMILES string of the molecule is CC1=CCC(O)(C(C)(C)O)C=C1. The minimum Gasteiger partial charge on any atom is -0.387 e. The molecule has 0 heterocycles. The molecule has 2 heteroatoms. The molecule has 0 aromatic carbocycles. The number of hydrogen-bond donors (Lipinski definition) is 2. The lowest BCUT2D eigenvalue weighted by atomic mass is 9.80. The molecule has 0 saturated carbocycles. The van der Waals surface area contributed by atoms with Crippen LogP contribution in [0.15, 0.2) is 23.8 Å². The molecule has 1 aliphatic carbocycles. The molecule has 2 nitrogen and oxygen atoms in total. The van der Waals surface area contributed by atoms with Crippen LogP contribution in [0.4, 0.5) is 0 Å². The second kappa shape index (κ2) is 2.71. The summed E-state index contributed by atoms with van der Waals surface area (Å²) < 4.78 is 0. The van der Waals surface area contributed by atoms with Crippen LogP contribution in [0.1, 0.15) is 27.2 Å². The van der Waals surface area contributed by atoms with Crippen LogP contribution in [-0.4, -0.2) is 21.4 Å². The summed E-state index contributed by atoms with van der Waals surface area (Å²) in [4.78, 5) is 0. The third-order valence-corrected chi connectivity index (χ3v) is 2.42. The van der Waals surface area contributed by atoms with Gasteiger partial charge in [-0.2, -0.15) is 0 Å². The van der Waals surface area contributed by atoms with Crippen molar-refractivity contribution in [2.24, 2.45) is 0 Å². The van der Waals surface area contributed by atoms with Gasteiger partial charge in [0, 0.05) is 6.42 Å². The van der Waals surface area contributed by atoms with Crippen molar-refractivity contribution in [1.29, 1.82) is 0 Å². The van der Waals surface area contributed by atoms with Crippen LogP contribution in [-0.2, 0) is 0 Å². The van der Waals surface area contributed by atoms with Crippen LogP contribution in [0, 0.1) is 0 Å². The smallest absolute Gasteiger partial charge is 0.114 e. The van der Waals surface area contributed by atoms with Crippen molar-refractivity contribution in [1.82, 2.24) is 0 Å². The summed E-state index contributed by atoms with van der Waals surface area (Å²) in [6.07, 6.45) is 5.92. The average Bonchev–Trinajstić information content (AvgIpc) is 1.93. The first kappa shape index (κ1) is 9.49. The second-order valence-electron chi connectivity index (χ2n) is 3.97. The van der Waals surface area contributed by atoms with E-state index in [0.29, 0.717) is 6.42 Å². The summed E-state index contributed by atoms with van der Waals surface area (Å²) in [5.41, 5.74) is -1.06. The fourth-order valence-electron chi connectivity index (χ4n) is 1.18. The van der Waals surface area contributed by atoms with Crippen LogP contribution < -0.4 is 0 Å². The molecule has 0 aromatic heterocycles. The molecule has 0 aliphatic heterocycles. The molecular formula is C10H16O2. The Morgan fingerprint density at radius 2 is 2.08 bits per heavy atom. The lowest BCUT2D eigenvalue weighted by Gasteiger charge is -2.37. The standard InChI is InChI=1S/C10H16O2/c1-8-4-6-10(12,7-5-8)9(2,3)11/h4-6,11-12H,7H2,1-3H3. The highest BCUT2D eigenvalue weighted by atomic mass is 16.4. The van der Waals surface area contributed by atoms with Gasteiger partial charge in [0.1, 0.15) is 5.60 Å². The summed E-state index contributed by atoms with van der Waals surface area (Å²) in [5.74, 6) is 0. The lowest BCUT2D eigenvalue weighted by Crippen LogP contribution is -2.48. The first-order chi connectivity index (χ1) is 5.35. The minimum absolute atomic E-state index is 0.485. The molecule has 1 atom stereocenters. The van der Waals surface area contributed by atoms with E-state index >= 15 is 0 Å². The van der Waals surface area contributed by atoms with Gasteiger partial charge in [-0.25, -0.2) is 0 Å². The van der Waals surface area contributed by atoms with Crippen LogP contribution in [0.5, 0.6) is 0 Å². The molecule has 1 unspecified atom stereocenters. The lowest BCUT2D eigenvalue weighted by molar-refractivity contribution is -0.0984. The molecule has 0 radical (unpaired) electrons. The molecule has 0 aromatic rings. The Bertz CT molecular complexity index is 233. The molecule has 0 fully saturated rings. The van der Waals surface area contributed by atoms with Crippen molar-refractivity contribution in [2.45, 2.75) is 38.4 Å². The molecule has 0 bridgehead atoms. The van der Waals surface area contributed by atoms with Gasteiger partial charge < -0.3 is 10.2 Å². The predicted molar refractivity (Wildman–Crippen MR) is 48.8 cm³/mol. The first-order valence-corrected chi connectivity index (χ1v) is 4.16. The zero-order valence-corrected chi connectivity index (χ0v) is 7.83. The van der Waals surface area contributed by atoms with E-state index in [2.05, 4.69) is 0 Å². The zero-order valence-electron chi connectivity index (χ0n) is 7.83. The Morgan fingerprint density at radius 1 is 1.50 bits per heavy atom. The highest BCUT2D eigenvalue weighted by molar-refractivity contribution is 5.28. The Morgan fingerprint density at radius 3 is 2.42 bits per heavy atom. The van der Waals surface area contributed by atoms with Gasteiger partial charge in [0.25, 0.3) is 0 Å². The van der Waals surface area contributed by atoms with Gasteiger partial charge in [-0.05, 0) is 26.8 Å². The van der Waals surface area contributed by atoms with Crippen molar-refractivity contribution < 1.29 is 10.2 Å². The normalized spacial score (nSPS) is 30.2. The Balaban J connectivity index is 2.86. The topological polar surface area (TPSA) is 40.5 Å². The van der Waals surface area contributed by atoms with Gasteiger partial charge in [-0.3, -0.25) is 0 Å². The summed E-state index contributed by atoms with van der Waals surface area (Å²) in [6.45, 7) is 5.21. The van der Waals surface area contributed by atoms with E-state index in [1.807, 2.05) is 19.1 Å². The maximum atomic E-state index is 9.94. The third-order valence-electron chi connectivity index (χ3n) is 2.42. The monoisotopic (exact) mass is 168 g/mol. The van der Waals surface area contributed by atoms with E-state index < -0.39 is 11.2 Å². The summed E-state index contributed by atoms with van der Waals surface area (Å²) in [6, 6.07) is 0. The van der Waals surface area contributed by atoms with Gasteiger partial charge in [0.2, 0.25) is 0 Å². The van der Waals surface area contributed by atoms with Crippen LogP contribution in [0.2, 0.25) is 0 Å². The summed E-state index contributed by atoms with van der Waals surface area (Å²) >= 11 is 0. The van der Waals surface area contributed by atoms with Crippen molar-refractivity contribution in [3.05, 3.63) is 23.8 Å². The maximum absolute atomic E-state index is 9.94. The molecule has 1 rings (SSSR count). The Labute approximate surface area is 73.2 Å². The third kappa shape index (κ3) is 1.59. The molecule has 68 valence electrons. The van der Waals surface area contributed by atoms with Gasteiger partial charge in [-0.1, -0.05) is 17.7 Å². The largest absolute Gasteiger partial charge is 0.387 e. The summed E-state index contributed by atoms with van der Waals surface area (Å²) in [7, 11) is 0. The fraction of sp³-hybridized carbons (Fsp3) is 0.600. The molecule has 0 saturated heterocycles. The quantitative estimate of drug-likeness (QED) is 0.621. The highest BCUT2D eigenvalue weighted by Gasteiger charge is 2.39. The van der Waals surface area contributed by atoms with E-state index in [1.165, 1.54) is 0 Å². The number of rotatable bonds is 1. The van der Waals surface area contributed by atoms with Crippen LogP contribution in [0.3, 0.4) is 0 Å². The van der Waals surface area contributed by atoms with E-state index in [9.17, 15) is 10.2 Å². The number of allylic oxidation sites excluding steroid dienone is 2. The van der Waals surface area contributed by atoms with Gasteiger partial charge in [0.15, 0.2) is 0 Å². The van der Waals surface area contributed by atoms with E-state index in [0.717, 1.165) is 5.57 Å². The van der Waals surface area contributed by atoms with E-state index in [-0.39, 0.29) is 0 Å². The van der Waals surface area contributed by atoms with Crippen molar-refractivity contribution >= 4 is 0 Å². The van der Waals surface area contributed by atoms with Gasteiger partial charge in [0.05, 0.1) is 5.60 Å². The molecule has 1 aliphatic rings. The minimum atomic E-state index is -1.10. The van der Waals surface area contributed by atoms with Crippen molar-refractivity contribution in [2.75, 3.05) is 0 Å². The number of aliphatic hydroxyl groups is 2. The van der Waals surface area contributed by atoms with Gasteiger partial charge >= 0.3 is 0 Å². The second-order valence-corrected chi connectivity index (χ2v) is 3.97. The Hall–Kier alpha value is -0.600. The maximum Gasteiger partial charge on any atom is 0.114 e. The summed E-state index contributed by atoms with van der Waals surface area (Å²) in [5, 5.41) is 19.6. The van der Waals surface area contributed by atoms with Crippen LogP contribution in [0.25, 0.3) is 0 Å². The van der Waals surface area contributed by atoms with E-state index in [1.54, 1.807) is 19.9 Å². The van der Waals surface area contributed by atoms with E-state index in [4.69, 9.17) is 0 Å². The Kier molecular flexibility index (Phi) is 2.15. The zero-order chi connectivity index (χ0) is 9.41. The number of hydrogen-bond acceptors (Lipinski definition) is 2. The molecular weight excluding hydrogens is 152 g/mol. The molecule has 0 spiro atoms. The molecule has 12 heavy (non-hydrogen) atoms. The van der Waals surface area contributed by atoms with Gasteiger partial charge in [-0.15, -0.1) is 0 Å². The van der Waals surface area contributed by atoms with Crippen LogP contribution >= 0.6 is 0 Å². The first-order valence-electron chi connectivity index (χ1n) is 4.16. The molecule has 0 amide bonds. The van der Waals surface area contributed by atoms with Crippen molar-refractivity contribution in [3.8, 4) is 0 Å². The predicted octanol–water partition coefficient (Wildman–Crippen LogP) is 1.39. The fourth-order valence-corrected chi connectivity index (χ4v) is 1.18.